The second-order valence-electron chi connectivity index (χ2n) is 12.1. The molecule has 0 N–H and O–H groups in total. The highest BCUT2D eigenvalue weighted by molar-refractivity contribution is 5.73. The van der Waals surface area contributed by atoms with Gasteiger partial charge in [-0.3, -0.25) is 29.7 Å². The zero-order valence-corrected chi connectivity index (χ0v) is 26.4. The van der Waals surface area contributed by atoms with E-state index in [0.29, 0.717) is 17.0 Å². The monoisotopic (exact) mass is 611 g/mol. The highest BCUT2D eigenvalue weighted by atomic mass is 16.6. The summed E-state index contributed by atoms with van der Waals surface area (Å²) >= 11 is 0. The molecule has 0 radical (unpaired) electrons. The standard InChI is InChI=1S/C17H20N4O3.C17H21N3O/c1-19-9-5-13(6-10-19)15-11-14(12-3-7-18-8-4-12)16(21(23)24)17(22)20(15)2;1-19-9-5-14(6-10-19)16-11-15(12-17(21)20(16)2)13-3-7-18-8-4-13/h3-4,7-8,11,13H,5-6,9-10H2,1-2H3;3-4,7-8,11-12,14H,5-6,9-10H2,1-2H3. The molecule has 2 aliphatic rings. The summed E-state index contributed by atoms with van der Waals surface area (Å²) in [7, 11) is 7.74. The first kappa shape index (κ1) is 31.9. The van der Waals surface area contributed by atoms with Gasteiger partial charge in [0.2, 0.25) is 0 Å². The summed E-state index contributed by atoms with van der Waals surface area (Å²) in [5.74, 6) is 0.709. The van der Waals surface area contributed by atoms with Crippen molar-refractivity contribution < 1.29 is 4.92 Å². The van der Waals surface area contributed by atoms with Crippen LogP contribution in [0.2, 0.25) is 0 Å². The first-order valence-corrected chi connectivity index (χ1v) is 15.4. The van der Waals surface area contributed by atoms with Gasteiger partial charge in [-0.1, -0.05) is 0 Å². The van der Waals surface area contributed by atoms with Crippen molar-refractivity contribution in [3.63, 3.8) is 0 Å². The molecule has 2 aliphatic heterocycles. The topological polar surface area (TPSA) is 119 Å². The normalized spacial score (nSPS) is 16.6. The smallest absolute Gasteiger partial charge is 0.315 e. The van der Waals surface area contributed by atoms with Gasteiger partial charge in [-0.2, -0.15) is 0 Å². The van der Waals surface area contributed by atoms with Crippen molar-refractivity contribution in [3.05, 3.63) is 109 Å². The molecule has 4 aromatic rings. The molecular formula is C34H41N7O4. The second kappa shape index (κ2) is 14.1. The van der Waals surface area contributed by atoms with Gasteiger partial charge in [0.25, 0.3) is 5.56 Å². The molecule has 2 saturated heterocycles. The third kappa shape index (κ3) is 7.26. The lowest BCUT2D eigenvalue weighted by Crippen LogP contribution is -2.32. The summed E-state index contributed by atoms with van der Waals surface area (Å²) in [5.41, 5.74) is 4.23. The van der Waals surface area contributed by atoms with Crippen molar-refractivity contribution in [3.8, 4) is 22.3 Å². The minimum atomic E-state index is -0.587. The van der Waals surface area contributed by atoms with E-state index in [-0.39, 0.29) is 17.2 Å². The van der Waals surface area contributed by atoms with E-state index in [0.717, 1.165) is 74.4 Å². The van der Waals surface area contributed by atoms with Crippen molar-refractivity contribution in [2.75, 3.05) is 40.3 Å². The minimum absolute atomic E-state index is 0.0678. The fourth-order valence-corrected chi connectivity index (χ4v) is 6.39. The van der Waals surface area contributed by atoms with E-state index in [2.05, 4.69) is 39.9 Å². The third-order valence-corrected chi connectivity index (χ3v) is 9.20. The molecule has 0 amide bonds. The summed E-state index contributed by atoms with van der Waals surface area (Å²) in [4.78, 5) is 48.4. The molecule has 0 bridgehead atoms. The van der Waals surface area contributed by atoms with Crippen LogP contribution in [0.25, 0.3) is 22.3 Å². The van der Waals surface area contributed by atoms with Crippen molar-refractivity contribution in [2.45, 2.75) is 37.5 Å². The van der Waals surface area contributed by atoms with E-state index in [1.165, 1.54) is 4.57 Å². The lowest BCUT2D eigenvalue weighted by Gasteiger charge is -2.30. The molecule has 6 rings (SSSR count). The maximum absolute atomic E-state index is 12.6. The van der Waals surface area contributed by atoms with Gasteiger partial charge in [-0.15, -0.1) is 0 Å². The predicted octanol–water partition coefficient (Wildman–Crippen LogP) is 4.42. The average Bonchev–Trinajstić information content (AvgIpc) is 3.05. The van der Waals surface area contributed by atoms with Gasteiger partial charge in [0.15, 0.2) is 0 Å². The number of hydrogen-bond donors (Lipinski definition) is 0. The van der Waals surface area contributed by atoms with Crippen LogP contribution in [0.5, 0.6) is 0 Å². The fourth-order valence-electron chi connectivity index (χ4n) is 6.39. The summed E-state index contributed by atoms with van der Waals surface area (Å²) in [6.07, 6.45) is 10.8. The van der Waals surface area contributed by atoms with Crippen LogP contribution in [-0.2, 0) is 14.1 Å². The molecule has 0 spiro atoms. The van der Waals surface area contributed by atoms with Crippen molar-refractivity contribution in [1.29, 1.82) is 0 Å². The third-order valence-electron chi connectivity index (χ3n) is 9.20. The van der Waals surface area contributed by atoms with Gasteiger partial charge in [-0.25, -0.2) is 0 Å². The van der Waals surface area contributed by atoms with Crippen LogP contribution >= 0.6 is 0 Å². The van der Waals surface area contributed by atoms with Gasteiger partial charge in [0, 0.05) is 68.2 Å². The van der Waals surface area contributed by atoms with E-state index in [1.807, 2.05) is 25.2 Å². The number of rotatable bonds is 5. The predicted molar refractivity (Wildman–Crippen MR) is 175 cm³/mol. The molecule has 2 fully saturated rings. The molecule has 4 aromatic heterocycles. The molecule has 11 heteroatoms. The quantitative estimate of drug-likeness (QED) is 0.240. The van der Waals surface area contributed by atoms with Crippen molar-refractivity contribution in [1.82, 2.24) is 28.9 Å². The van der Waals surface area contributed by atoms with E-state index in [1.54, 1.807) is 54.6 Å². The number of likely N-dealkylation sites (tertiary alicyclic amines) is 2. The van der Waals surface area contributed by atoms with Crippen LogP contribution in [0.3, 0.4) is 0 Å². The molecule has 0 unspecified atom stereocenters. The molecule has 6 heterocycles. The first-order valence-electron chi connectivity index (χ1n) is 15.4. The van der Waals surface area contributed by atoms with Crippen molar-refractivity contribution >= 4 is 5.69 Å². The second-order valence-corrected chi connectivity index (χ2v) is 12.1. The molecule has 0 atom stereocenters. The molecule has 11 nitrogen and oxygen atoms in total. The Hall–Kier alpha value is -4.48. The molecule has 236 valence electrons. The zero-order chi connectivity index (χ0) is 32.1. The Bertz CT molecular complexity index is 1740. The van der Waals surface area contributed by atoms with E-state index < -0.39 is 10.5 Å². The Kier molecular flexibility index (Phi) is 9.99. The van der Waals surface area contributed by atoms with Crippen LogP contribution in [-0.4, -0.2) is 74.1 Å². The number of nitro groups is 1. The largest absolute Gasteiger partial charge is 0.341 e. The zero-order valence-electron chi connectivity index (χ0n) is 26.4. The molecule has 0 aliphatic carbocycles. The highest BCUT2D eigenvalue weighted by Crippen LogP contribution is 2.33. The number of aromatic nitrogens is 4. The lowest BCUT2D eigenvalue weighted by molar-refractivity contribution is -0.385. The van der Waals surface area contributed by atoms with Gasteiger partial charge in [0.05, 0.1) is 10.5 Å². The number of piperidine rings is 2. The van der Waals surface area contributed by atoms with Crippen LogP contribution in [0, 0.1) is 10.1 Å². The van der Waals surface area contributed by atoms with E-state index in [9.17, 15) is 19.7 Å². The van der Waals surface area contributed by atoms with Gasteiger partial charge >= 0.3 is 11.2 Å². The highest BCUT2D eigenvalue weighted by Gasteiger charge is 2.28. The van der Waals surface area contributed by atoms with Crippen LogP contribution < -0.4 is 11.1 Å². The summed E-state index contributed by atoms with van der Waals surface area (Å²) in [6.45, 7) is 4.11. The number of pyridine rings is 4. The fraction of sp³-hybridized carbons (Fsp3) is 0.412. The Labute approximate surface area is 263 Å². The van der Waals surface area contributed by atoms with Gasteiger partial charge in [-0.05, 0) is 119 Å². The maximum Gasteiger partial charge on any atom is 0.341 e. The lowest BCUT2D eigenvalue weighted by atomic mass is 9.91. The summed E-state index contributed by atoms with van der Waals surface area (Å²) < 4.78 is 3.25. The average molecular weight is 612 g/mol. The van der Waals surface area contributed by atoms with Crippen LogP contribution in [0.4, 0.5) is 5.69 Å². The Morgan fingerprint density at radius 3 is 1.62 bits per heavy atom. The SMILES string of the molecule is CN1CCC(c2cc(-c3ccncc3)c([N+](=O)[O-])c(=O)n2C)CC1.CN1CCC(c2cc(-c3ccncc3)cc(=O)n2C)CC1. The van der Waals surface area contributed by atoms with E-state index in [4.69, 9.17) is 0 Å². The minimum Gasteiger partial charge on any atom is -0.315 e. The Morgan fingerprint density at radius 2 is 1.13 bits per heavy atom. The van der Waals surface area contributed by atoms with Crippen LogP contribution in [0.15, 0.2) is 76.8 Å². The maximum atomic E-state index is 12.6. The molecule has 45 heavy (non-hydrogen) atoms. The van der Waals surface area contributed by atoms with Gasteiger partial charge in [0.1, 0.15) is 0 Å². The molecular weight excluding hydrogens is 570 g/mol. The number of nitrogens with zero attached hydrogens (tertiary/aromatic N) is 7. The summed E-state index contributed by atoms with van der Waals surface area (Å²) in [6, 6.07) is 13.0. The Morgan fingerprint density at radius 1 is 0.667 bits per heavy atom. The first-order chi connectivity index (χ1) is 21.6. The van der Waals surface area contributed by atoms with Gasteiger partial charge < -0.3 is 18.9 Å². The Balaban J connectivity index is 0.000000179. The van der Waals surface area contributed by atoms with E-state index >= 15 is 0 Å². The number of hydrogen-bond acceptors (Lipinski definition) is 8. The van der Waals surface area contributed by atoms with Crippen LogP contribution in [0.1, 0.15) is 48.9 Å². The molecule has 0 saturated carbocycles. The van der Waals surface area contributed by atoms with Crippen molar-refractivity contribution in [2.24, 2.45) is 14.1 Å². The molecule has 0 aromatic carbocycles. The summed E-state index contributed by atoms with van der Waals surface area (Å²) in [5, 5.41) is 11.5.